The lowest BCUT2D eigenvalue weighted by atomic mass is 10.2. The smallest absolute Gasteiger partial charge is 0.254 e. The molecule has 0 saturated carbocycles. The molecule has 0 aliphatic rings. The highest BCUT2D eigenvalue weighted by Gasteiger charge is 2.11. The maximum atomic E-state index is 11.5. The summed E-state index contributed by atoms with van der Waals surface area (Å²) in [4.78, 5) is 11.5. The molecule has 14 heavy (non-hydrogen) atoms. The molecule has 78 valence electrons. The Morgan fingerprint density at radius 2 is 2.43 bits per heavy atom. The normalized spacial score (nSPS) is 14.8. The molecule has 0 aromatic carbocycles. The summed E-state index contributed by atoms with van der Waals surface area (Å²) in [6.45, 7) is 3.83. The van der Waals surface area contributed by atoms with Gasteiger partial charge in [-0.1, -0.05) is 0 Å². The van der Waals surface area contributed by atoms with Crippen LogP contribution in [0.4, 0.5) is 0 Å². The van der Waals surface area contributed by atoms with Crippen LogP contribution in [-0.2, 0) is 0 Å². The number of carbonyl (C=O) groups excluding carboxylic acids is 1. The van der Waals surface area contributed by atoms with E-state index in [0.717, 1.165) is 6.42 Å². The number of aromatic amines is 1. The SMILES string of the molecule is CC(Cl)CC(C)NC(=O)c1cn[nH]c1. The topological polar surface area (TPSA) is 57.8 Å². The predicted octanol–water partition coefficient (Wildman–Crippen LogP) is 1.55. The minimum atomic E-state index is -0.122. The molecule has 1 heterocycles. The van der Waals surface area contributed by atoms with E-state index in [1.807, 2.05) is 13.8 Å². The third-order valence-electron chi connectivity index (χ3n) is 1.82. The van der Waals surface area contributed by atoms with Gasteiger partial charge in [-0.05, 0) is 20.3 Å². The molecule has 0 fully saturated rings. The van der Waals surface area contributed by atoms with Crippen LogP contribution in [0.2, 0.25) is 0 Å². The van der Waals surface area contributed by atoms with Crippen molar-refractivity contribution in [3.8, 4) is 0 Å². The maximum Gasteiger partial charge on any atom is 0.254 e. The average molecular weight is 216 g/mol. The Kier molecular flexibility index (Phi) is 3.95. The Morgan fingerprint density at radius 3 is 2.93 bits per heavy atom. The van der Waals surface area contributed by atoms with Crippen LogP contribution in [0.1, 0.15) is 30.6 Å². The van der Waals surface area contributed by atoms with Crippen LogP contribution in [0.5, 0.6) is 0 Å². The summed E-state index contributed by atoms with van der Waals surface area (Å²) in [6.07, 6.45) is 3.81. The molecule has 2 unspecified atom stereocenters. The zero-order valence-electron chi connectivity index (χ0n) is 8.25. The highest BCUT2D eigenvalue weighted by Crippen LogP contribution is 2.05. The summed E-state index contributed by atoms with van der Waals surface area (Å²) in [7, 11) is 0. The van der Waals surface area contributed by atoms with Crippen molar-refractivity contribution in [2.24, 2.45) is 0 Å². The molecule has 1 aromatic heterocycles. The molecule has 0 radical (unpaired) electrons. The monoisotopic (exact) mass is 215 g/mol. The Balaban J connectivity index is 2.41. The first-order chi connectivity index (χ1) is 6.59. The molecule has 2 atom stereocenters. The van der Waals surface area contributed by atoms with Gasteiger partial charge < -0.3 is 5.32 Å². The first-order valence-electron chi connectivity index (χ1n) is 4.53. The van der Waals surface area contributed by atoms with Gasteiger partial charge in [-0.15, -0.1) is 11.6 Å². The number of hydrogen-bond donors (Lipinski definition) is 2. The summed E-state index contributed by atoms with van der Waals surface area (Å²) in [5.41, 5.74) is 0.541. The number of halogens is 1. The lowest BCUT2D eigenvalue weighted by molar-refractivity contribution is 0.0938. The van der Waals surface area contributed by atoms with Crippen LogP contribution in [0, 0.1) is 0 Å². The second-order valence-electron chi connectivity index (χ2n) is 3.38. The lowest BCUT2D eigenvalue weighted by Crippen LogP contribution is -2.33. The van der Waals surface area contributed by atoms with Gasteiger partial charge in [0.25, 0.3) is 5.91 Å². The molecule has 1 rings (SSSR count). The number of amides is 1. The van der Waals surface area contributed by atoms with Gasteiger partial charge in [0.1, 0.15) is 0 Å². The fourth-order valence-corrected chi connectivity index (χ4v) is 1.50. The van der Waals surface area contributed by atoms with E-state index >= 15 is 0 Å². The Morgan fingerprint density at radius 1 is 1.71 bits per heavy atom. The first kappa shape index (κ1) is 11.0. The molecule has 1 amide bonds. The number of nitrogens with zero attached hydrogens (tertiary/aromatic N) is 1. The van der Waals surface area contributed by atoms with Crippen LogP contribution in [-0.4, -0.2) is 27.5 Å². The first-order valence-corrected chi connectivity index (χ1v) is 4.97. The quantitative estimate of drug-likeness (QED) is 0.749. The summed E-state index contributed by atoms with van der Waals surface area (Å²) >= 11 is 5.81. The number of H-pyrrole nitrogens is 1. The van der Waals surface area contributed by atoms with E-state index in [0.29, 0.717) is 5.56 Å². The van der Waals surface area contributed by atoms with Crippen molar-refractivity contribution in [3.63, 3.8) is 0 Å². The molecule has 0 aliphatic heterocycles. The number of carbonyl (C=O) groups is 1. The molecular formula is C9H14ClN3O. The van der Waals surface area contributed by atoms with Crippen molar-refractivity contribution >= 4 is 17.5 Å². The summed E-state index contributed by atoms with van der Waals surface area (Å²) in [6, 6.07) is 0.0740. The van der Waals surface area contributed by atoms with E-state index < -0.39 is 0 Å². The van der Waals surface area contributed by atoms with Crippen LogP contribution in [0.25, 0.3) is 0 Å². The molecule has 0 aliphatic carbocycles. The van der Waals surface area contributed by atoms with Crippen LogP contribution in [0.3, 0.4) is 0 Å². The standard InChI is InChI=1S/C9H14ClN3O/c1-6(10)3-7(2)13-9(14)8-4-11-12-5-8/h4-7H,3H2,1-2H3,(H,11,12)(H,13,14). The van der Waals surface area contributed by atoms with E-state index in [2.05, 4.69) is 15.5 Å². The summed E-state index contributed by atoms with van der Waals surface area (Å²) in [5.74, 6) is -0.122. The van der Waals surface area contributed by atoms with Crippen molar-refractivity contribution in [1.82, 2.24) is 15.5 Å². The number of aromatic nitrogens is 2. The highest BCUT2D eigenvalue weighted by atomic mass is 35.5. The van der Waals surface area contributed by atoms with Crippen LogP contribution >= 0.6 is 11.6 Å². The van der Waals surface area contributed by atoms with Gasteiger partial charge in [-0.3, -0.25) is 9.89 Å². The van der Waals surface area contributed by atoms with Crippen LogP contribution < -0.4 is 5.32 Å². The summed E-state index contributed by atoms with van der Waals surface area (Å²) in [5, 5.41) is 9.18. The molecular weight excluding hydrogens is 202 g/mol. The van der Waals surface area contributed by atoms with Gasteiger partial charge in [-0.2, -0.15) is 5.10 Å². The van der Waals surface area contributed by atoms with E-state index in [4.69, 9.17) is 11.6 Å². The average Bonchev–Trinajstić information content (AvgIpc) is 2.53. The van der Waals surface area contributed by atoms with Gasteiger partial charge in [0, 0.05) is 17.6 Å². The van der Waals surface area contributed by atoms with Gasteiger partial charge >= 0.3 is 0 Å². The number of alkyl halides is 1. The number of hydrogen-bond acceptors (Lipinski definition) is 2. The molecule has 0 saturated heterocycles. The Bertz CT molecular complexity index is 284. The lowest BCUT2D eigenvalue weighted by Gasteiger charge is -2.13. The molecule has 0 spiro atoms. The zero-order chi connectivity index (χ0) is 10.6. The van der Waals surface area contributed by atoms with Gasteiger partial charge in [0.05, 0.1) is 11.8 Å². The number of rotatable bonds is 4. The highest BCUT2D eigenvalue weighted by molar-refractivity contribution is 6.20. The Hall–Kier alpha value is -1.03. The van der Waals surface area contributed by atoms with Crippen molar-refractivity contribution < 1.29 is 4.79 Å². The third-order valence-corrected chi connectivity index (χ3v) is 1.99. The van der Waals surface area contributed by atoms with E-state index in [1.54, 1.807) is 6.20 Å². The van der Waals surface area contributed by atoms with E-state index in [1.165, 1.54) is 6.20 Å². The van der Waals surface area contributed by atoms with Gasteiger partial charge in [0.15, 0.2) is 0 Å². The fraction of sp³-hybridized carbons (Fsp3) is 0.556. The van der Waals surface area contributed by atoms with Crippen molar-refractivity contribution in [2.75, 3.05) is 0 Å². The van der Waals surface area contributed by atoms with Gasteiger partial charge in [0.2, 0.25) is 0 Å². The van der Waals surface area contributed by atoms with Gasteiger partial charge in [-0.25, -0.2) is 0 Å². The van der Waals surface area contributed by atoms with E-state index in [-0.39, 0.29) is 17.3 Å². The van der Waals surface area contributed by atoms with Crippen molar-refractivity contribution in [3.05, 3.63) is 18.0 Å². The summed E-state index contributed by atoms with van der Waals surface area (Å²) < 4.78 is 0. The minimum Gasteiger partial charge on any atom is -0.349 e. The molecule has 5 heteroatoms. The van der Waals surface area contributed by atoms with E-state index in [9.17, 15) is 4.79 Å². The molecule has 1 aromatic rings. The van der Waals surface area contributed by atoms with Crippen LogP contribution in [0.15, 0.2) is 12.4 Å². The minimum absolute atomic E-state index is 0.0645. The second-order valence-corrected chi connectivity index (χ2v) is 4.12. The largest absolute Gasteiger partial charge is 0.349 e. The van der Waals surface area contributed by atoms with Crippen molar-refractivity contribution in [2.45, 2.75) is 31.7 Å². The molecule has 2 N–H and O–H groups in total. The third kappa shape index (κ3) is 3.38. The maximum absolute atomic E-state index is 11.5. The Labute approximate surface area is 88.0 Å². The van der Waals surface area contributed by atoms with Crippen molar-refractivity contribution in [1.29, 1.82) is 0 Å². The fourth-order valence-electron chi connectivity index (χ4n) is 1.23. The molecule has 0 bridgehead atoms. The predicted molar refractivity (Wildman–Crippen MR) is 55.4 cm³/mol. The zero-order valence-corrected chi connectivity index (χ0v) is 9.01. The number of nitrogens with one attached hydrogen (secondary N) is 2. The molecule has 4 nitrogen and oxygen atoms in total. The second kappa shape index (κ2) is 5.00.